The number of carbonyl (C=O) groups excluding carboxylic acids is 1. The molecule has 1 fully saturated rings. The Morgan fingerprint density at radius 2 is 2.14 bits per heavy atom. The third-order valence-corrected chi connectivity index (χ3v) is 5.43. The van der Waals surface area contributed by atoms with Gasteiger partial charge in [0.25, 0.3) is 0 Å². The Balaban J connectivity index is 1.39. The second-order valence-electron chi connectivity index (χ2n) is 7.09. The van der Waals surface area contributed by atoms with Crippen molar-refractivity contribution in [3.63, 3.8) is 0 Å². The summed E-state index contributed by atoms with van der Waals surface area (Å²) in [6.07, 6.45) is 5.67. The molecule has 1 aliphatic rings. The first kappa shape index (κ1) is 18.9. The second kappa shape index (κ2) is 8.26. The molecule has 4 rings (SSSR count). The fourth-order valence-corrected chi connectivity index (χ4v) is 3.80. The monoisotopic (exact) mass is 399 g/mol. The number of amides is 1. The Morgan fingerprint density at radius 1 is 1.29 bits per heavy atom. The molecule has 8 heteroatoms. The average Bonchev–Trinajstić information content (AvgIpc) is 3.09. The highest BCUT2D eigenvalue weighted by molar-refractivity contribution is 6.31. The first-order chi connectivity index (χ1) is 13.6. The normalized spacial score (nSPS) is 20.4. The highest BCUT2D eigenvalue weighted by Crippen LogP contribution is 2.18. The Labute approximate surface area is 167 Å². The van der Waals surface area contributed by atoms with Crippen LogP contribution in [0, 0.1) is 0 Å². The number of fused-ring (bicyclic) bond motifs is 1. The predicted molar refractivity (Wildman–Crippen MR) is 106 cm³/mol. The predicted octanol–water partition coefficient (Wildman–Crippen LogP) is 1.68. The molecule has 0 aliphatic carbocycles. The van der Waals surface area contributed by atoms with E-state index < -0.39 is 6.10 Å². The SMILES string of the molecule is O=C(Cc1ccccc1Cl)N[C@@H]1CN(Cc2cnn3cccnc23)CC[C@@H]1O. The molecule has 1 aliphatic heterocycles. The number of hydrogen-bond acceptors (Lipinski definition) is 5. The highest BCUT2D eigenvalue weighted by Gasteiger charge is 2.29. The van der Waals surface area contributed by atoms with Gasteiger partial charge >= 0.3 is 0 Å². The molecule has 0 saturated carbocycles. The molecule has 0 bridgehead atoms. The number of benzene rings is 1. The second-order valence-corrected chi connectivity index (χ2v) is 7.50. The molecule has 2 aromatic heterocycles. The number of aliphatic hydroxyl groups is 1. The number of nitrogens with one attached hydrogen (secondary N) is 1. The van der Waals surface area contributed by atoms with E-state index in [1.807, 2.05) is 36.7 Å². The van der Waals surface area contributed by atoms with Gasteiger partial charge in [0.2, 0.25) is 5.91 Å². The number of aromatic nitrogens is 3. The molecule has 2 atom stereocenters. The zero-order chi connectivity index (χ0) is 19.5. The summed E-state index contributed by atoms with van der Waals surface area (Å²) in [5.41, 5.74) is 2.63. The Hall–Kier alpha value is -2.48. The Kier molecular flexibility index (Phi) is 5.57. The lowest BCUT2D eigenvalue weighted by Crippen LogP contribution is -2.55. The first-order valence-corrected chi connectivity index (χ1v) is 9.68. The van der Waals surface area contributed by atoms with Crippen molar-refractivity contribution in [2.75, 3.05) is 13.1 Å². The van der Waals surface area contributed by atoms with Crippen LogP contribution in [0.25, 0.3) is 5.65 Å². The van der Waals surface area contributed by atoms with Crippen molar-refractivity contribution in [1.29, 1.82) is 0 Å². The Morgan fingerprint density at radius 3 is 3.00 bits per heavy atom. The minimum absolute atomic E-state index is 0.142. The summed E-state index contributed by atoms with van der Waals surface area (Å²) >= 11 is 6.14. The van der Waals surface area contributed by atoms with Gasteiger partial charge in [-0.1, -0.05) is 29.8 Å². The van der Waals surface area contributed by atoms with Crippen LogP contribution >= 0.6 is 11.6 Å². The Bertz CT molecular complexity index is 976. The maximum absolute atomic E-state index is 12.5. The molecule has 3 heterocycles. The number of aliphatic hydroxyl groups excluding tert-OH is 1. The summed E-state index contributed by atoms with van der Waals surface area (Å²) in [6.45, 7) is 1.99. The van der Waals surface area contributed by atoms with Crippen molar-refractivity contribution >= 4 is 23.2 Å². The summed E-state index contributed by atoms with van der Waals surface area (Å²) in [5.74, 6) is -0.142. The van der Waals surface area contributed by atoms with Crippen molar-refractivity contribution in [2.45, 2.75) is 31.5 Å². The highest BCUT2D eigenvalue weighted by atomic mass is 35.5. The van der Waals surface area contributed by atoms with Crippen LogP contribution in [0.15, 0.2) is 48.9 Å². The molecular formula is C20H22ClN5O2. The van der Waals surface area contributed by atoms with Gasteiger partial charge in [-0.05, 0) is 24.1 Å². The standard InChI is InChI=1S/C20H22ClN5O2/c21-16-5-2-1-4-14(16)10-19(28)24-17-13-25(9-6-18(17)27)12-15-11-23-26-8-3-7-22-20(15)26/h1-5,7-8,11,17-18,27H,6,9-10,12-13H2,(H,24,28)/t17-,18+/m1/s1. The molecule has 2 N–H and O–H groups in total. The third kappa shape index (κ3) is 4.16. The van der Waals surface area contributed by atoms with Gasteiger partial charge in [0.15, 0.2) is 5.65 Å². The number of likely N-dealkylation sites (tertiary alicyclic amines) is 1. The van der Waals surface area contributed by atoms with Crippen molar-refractivity contribution in [2.24, 2.45) is 0 Å². The van der Waals surface area contributed by atoms with Crippen LogP contribution < -0.4 is 5.32 Å². The van der Waals surface area contributed by atoms with Crippen molar-refractivity contribution in [3.05, 3.63) is 65.1 Å². The summed E-state index contributed by atoms with van der Waals surface area (Å²) in [4.78, 5) is 19.0. The molecule has 1 aromatic carbocycles. The smallest absolute Gasteiger partial charge is 0.224 e. The van der Waals surface area contributed by atoms with Crippen molar-refractivity contribution in [1.82, 2.24) is 24.8 Å². The molecule has 146 valence electrons. The molecule has 0 radical (unpaired) electrons. The summed E-state index contributed by atoms with van der Waals surface area (Å²) in [7, 11) is 0. The summed E-state index contributed by atoms with van der Waals surface area (Å²) < 4.78 is 1.75. The number of hydrogen-bond donors (Lipinski definition) is 2. The van der Waals surface area contributed by atoms with E-state index >= 15 is 0 Å². The zero-order valence-corrected chi connectivity index (χ0v) is 16.1. The van der Waals surface area contributed by atoms with E-state index in [4.69, 9.17) is 11.6 Å². The van der Waals surface area contributed by atoms with Crippen LogP contribution in [-0.4, -0.2) is 55.7 Å². The van der Waals surface area contributed by atoms with Crippen LogP contribution in [0.4, 0.5) is 0 Å². The van der Waals surface area contributed by atoms with Gasteiger partial charge in [-0.15, -0.1) is 0 Å². The topological polar surface area (TPSA) is 82.8 Å². The van der Waals surface area contributed by atoms with E-state index in [1.165, 1.54) is 0 Å². The third-order valence-electron chi connectivity index (χ3n) is 5.06. The van der Waals surface area contributed by atoms with E-state index in [0.29, 0.717) is 24.5 Å². The van der Waals surface area contributed by atoms with Crippen LogP contribution in [0.2, 0.25) is 5.02 Å². The number of rotatable bonds is 5. The number of halogens is 1. The van der Waals surface area contributed by atoms with E-state index in [0.717, 1.165) is 23.3 Å². The van der Waals surface area contributed by atoms with Crippen LogP contribution in [-0.2, 0) is 17.8 Å². The quantitative estimate of drug-likeness (QED) is 0.682. The molecule has 0 spiro atoms. The number of piperidine rings is 1. The lowest BCUT2D eigenvalue weighted by Gasteiger charge is -2.36. The molecule has 0 unspecified atom stereocenters. The van der Waals surface area contributed by atoms with Crippen molar-refractivity contribution in [3.8, 4) is 0 Å². The minimum Gasteiger partial charge on any atom is -0.391 e. The van der Waals surface area contributed by atoms with Gasteiger partial charge in [0, 0.05) is 42.6 Å². The first-order valence-electron chi connectivity index (χ1n) is 9.30. The van der Waals surface area contributed by atoms with Crippen molar-refractivity contribution < 1.29 is 9.90 Å². The fraction of sp³-hybridized carbons (Fsp3) is 0.350. The molecule has 1 saturated heterocycles. The fourth-order valence-electron chi connectivity index (χ4n) is 3.59. The van der Waals surface area contributed by atoms with Gasteiger partial charge in [0.05, 0.1) is 24.8 Å². The van der Waals surface area contributed by atoms with Gasteiger partial charge in [-0.3, -0.25) is 9.69 Å². The molecule has 7 nitrogen and oxygen atoms in total. The molecule has 3 aromatic rings. The average molecular weight is 400 g/mol. The number of carbonyl (C=O) groups is 1. The van der Waals surface area contributed by atoms with E-state index in [-0.39, 0.29) is 18.4 Å². The number of nitrogens with zero attached hydrogens (tertiary/aromatic N) is 4. The van der Waals surface area contributed by atoms with E-state index in [1.54, 1.807) is 16.8 Å². The largest absolute Gasteiger partial charge is 0.391 e. The summed E-state index contributed by atoms with van der Waals surface area (Å²) in [5, 5.41) is 18.2. The molecule has 1 amide bonds. The van der Waals surface area contributed by atoms with Gasteiger partial charge < -0.3 is 10.4 Å². The van der Waals surface area contributed by atoms with E-state index in [2.05, 4.69) is 20.3 Å². The van der Waals surface area contributed by atoms with Gasteiger partial charge in [0.1, 0.15) is 0 Å². The molecular weight excluding hydrogens is 378 g/mol. The lowest BCUT2D eigenvalue weighted by atomic mass is 10.0. The lowest BCUT2D eigenvalue weighted by molar-refractivity contribution is -0.122. The minimum atomic E-state index is -0.562. The van der Waals surface area contributed by atoms with Crippen LogP contribution in [0.5, 0.6) is 0 Å². The van der Waals surface area contributed by atoms with Crippen LogP contribution in [0.1, 0.15) is 17.5 Å². The maximum atomic E-state index is 12.5. The molecule has 28 heavy (non-hydrogen) atoms. The van der Waals surface area contributed by atoms with Gasteiger partial charge in [-0.2, -0.15) is 5.10 Å². The van der Waals surface area contributed by atoms with Gasteiger partial charge in [-0.25, -0.2) is 9.50 Å². The maximum Gasteiger partial charge on any atom is 0.224 e. The van der Waals surface area contributed by atoms with Crippen LogP contribution in [0.3, 0.4) is 0 Å². The summed E-state index contributed by atoms with van der Waals surface area (Å²) in [6, 6.07) is 8.82. The van der Waals surface area contributed by atoms with E-state index in [9.17, 15) is 9.90 Å². The zero-order valence-electron chi connectivity index (χ0n) is 15.3.